The Hall–Kier alpha value is -1.58. The number of rotatable bonds is 5. The summed E-state index contributed by atoms with van der Waals surface area (Å²) in [6.07, 6.45) is 2.77. The van der Waals surface area contributed by atoms with Crippen molar-refractivity contribution in [1.29, 1.82) is 0 Å². The van der Waals surface area contributed by atoms with Crippen molar-refractivity contribution >= 4 is 17.3 Å². The molecule has 112 valence electrons. The molecular formula is C17H22ClN3. The smallest absolute Gasteiger partial charge is 0.0572 e. The van der Waals surface area contributed by atoms with Crippen molar-refractivity contribution in [3.63, 3.8) is 0 Å². The summed E-state index contributed by atoms with van der Waals surface area (Å²) in [7, 11) is 2.06. The molecule has 0 aliphatic carbocycles. The molecule has 0 radical (unpaired) electrons. The number of pyridine rings is 1. The Kier molecular flexibility index (Phi) is 5.21. The van der Waals surface area contributed by atoms with Crippen molar-refractivity contribution in [3.05, 3.63) is 58.9 Å². The number of nitrogens with zero attached hydrogens (tertiary/aromatic N) is 2. The Bertz CT molecular complexity index is 583. The fraction of sp³-hybridized carbons (Fsp3) is 0.353. The predicted octanol–water partition coefficient (Wildman–Crippen LogP) is 4.34. The topological polar surface area (TPSA) is 42.1 Å². The maximum atomic E-state index is 6.07. The first-order valence-electron chi connectivity index (χ1n) is 7.22. The van der Waals surface area contributed by atoms with E-state index in [0.29, 0.717) is 0 Å². The molecule has 0 aliphatic heterocycles. The van der Waals surface area contributed by atoms with Crippen molar-refractivity contribution in [1.82, 2.24) is 4.98 Å². The molecule has 1 aromatic carbocycles. The molecule has 2 N–H and O–H groups in total. The van der Waals surface area contributed by atoms with E-state index in [0.717, 1.165) is 22.8 Å². The number of hydrogen-bond acceptors (Lipinski definition) is 3. The van der Waals surface area contributed by atoms with Crippen LogP contribution in [0.5, 0.6) is 0 Å². The van der Waals surface area contributed by atoms with Gasteiger partial charge in [-0.1, -0.05) is 30.7 Å². The molecule has 0 bridgehead atoms. The van der Waals surface area contributed by atoms with Crippen LogP contribution in [0.3, 0.4) is 0 Å². The van der Waals surface area contributed by atoms with E-state index < -0.39 is 0 Å². The van der Waals surface area contributed by atoms with Gasteiger partial charge in [0.05, 0.1) is 23.6 Å². The maximum absolute atomic E-state index is 6.07. The monoisotopic (exact) mass is 303 g/mol. The van der Waals surface area contributed by atoms with Crippen LogP contribution >= 0.6 is 11.6 Å². The summed E-state index contributed by atoms with van der Waals surface area (Å²) in [4.78, 5) is 6.65. The molecule has 0 aliphatic rings. The molecule has 0 fully saturated rings. The van der Waals surface area contributed by atoms with Crippen LogP contribution in [0.2, 0.25) is 5.02 Å². The zero-order valence-corrected chi connectivity index (χ0v) is 13.5. The van der Waals surface area contributed by atoms with Gasteiger partial charge in [0.1, 0.15) is 0 Å². The molecule has 3 nitrogen and oxygen atoms in total. The molecule has 0 spiro atoms. The van der Waals surface area contributed by atoms with Gasteiger partial charge in [-0.3, -0.25) is 4.98 Å². The van der Waals surface area contributed by atoms with Gasteiger partial charge in [-0.15, -0.1) is 0 Å². The number of nitrogens with two attached hydrogens (primary N) is 1. The highest BCUT2D eigenvalue weighted by Gasteiger charge is 2.13. The van der Waals surface area contributed by atoms with E-state index in [-0.39, 0.29) is 12.1 Å². The standard InChI is InChI=1S/C17H22ClN3/c1-4-16(19)17-9-8-15(11-20-17)21(3)12(2)13-6-5-7-14(18)10-13/h5-12,16H,4,19H2,1-3H3. The zero-order valence-electron chi connectivity index (χ0n) is 12.8. The molecule has 2 unspecified atom stereocenters. The Morgan fingerprint density at radius 2 is 2.05 bits per heavy atom. The normalized spacial score (nSPS) is 13.8. The van der Waals surface area contributed by atoms with E-state index >= 15 is 0 Å². The highest BCUT2D eigenvalue weighted by molar-refractivity contribution is 6.30. The van der Waals surface area contributed by atoms with Crippen LogP contribution in [-0.4, -0.2) is 12.0 Å². The second-order valence-electron chi connectivity index (χ2n) is 5.30. The summed E-state index contributed by atoms with van der Waals surface area (Å²) < 4.78 is 0. The Morgan fingerprint density at radius 3 is 2.62 bits per heavy atom. The summed E-state index contributed by atoms with van der Waals surface area (Å²) in [5.41, 5.74) is 9.18. The van der Waals surface area contributed by atoms with Gasteiger partial charge in [0.25, 0.3) is 0 Å². The van der Waals surface area contributed by atoms with E-state index in [1.165, 1.54) is 5.56 Å². The number of aromatic nitrogens is 1. The SMILES string of the molecule is CCC(N)c1ccc(N(C)C(C)c2cccc(Cl)c2)cn1. The molecule has 4 heteroatoms. The Morgan fingerprint density at radius 1 is 1.29 bits per heavy atom. The first-order chi connectivity index (χ1) is 10.0. The Balaban J connectivity index is 2.17. The van der Waals surface area contributed by atoms with Crippen molar-refractivity contribution in [2.75, 3.05) is 11.9 Å². The molecule has 0 saturated heterocycles. The van der Waals surface area contributed by atoms with Crippen LogP contribution in [0.15, 0.2) is 42.6 Å². The molecule has 2 atom stereocenters. The lowest BCUT2D eigenvalue weighted by atomic mass is 10.1. The first kappa shape index (κ1) is 15.8. The minimum Gasteiger partial charge on any atom is -0.367 e. The van der Waals surface area contributed by atoms with Gasteiger partial charge in [0, 0.05) is 18.1 Å². The quantitative estimate of drug-likeness (QED) is 0.893. The summed E-state index contributed by atoms with van der Waals surface area (Å²) in [6.45, 7) is 4.21. The van der Waals surface area contributed by atoms with Gasteiger partial charge >= 0.3 is 0 Å². The molecular weight excluding hydrogens is 282 g/mol. The molecule has 2 aromatic rings. The zero-order chi connectivity index (χ0) is 15.4. The fourth-order valence-corrected chi connectivity index (χ4v) is 2.45. The minimum absolute atomic E-state index is 0.00899. The highest BCUT2D eigenvalue weighted by atomic mass is 35.5. The van der Waals surface area contributed by atoms with Gasteiger partial charge < -0.3 is 10.6 Å². The van der Waals surface area contributed by atoms with Crippen LogP contribution in [0.25, 0.3) is 0 Å². The third-order valence-electron chi connectivity index (χ3n) is 3.91. The van der Waals surface area contributed by atoms with Crippen molar-refractivity contribution < 1.29 is 0 Å². The van der Waals surface area contributed by atoms with Crippen LogP contribution < -0.4 is 10.6 Å². The highest BCUT2D eigenvalue weighted by Crippen LogP contribution is 2.27. The maximum Gasteiger partial charge on any atom is 0.0572 e. The van der Waals surface area contributed by atoms with Gasteiger partial charge in [-0.2, -0.15) is 0 Å². The largest absolute Gasteiger partial charge is 0.367 e. The van der Waals surface area contributed by atoms with Gasteiger partial charge in [0.15, 0.2) is 0 Å². The minimum atomic E-state index is 0.00899. The summed E-state index contributed by atoms with van der Waals surface area (Å²) in [6, 6.07) is 12.2. The van der Waals surface area contributed by atoms with Gasteiger partial charge in [-0.25, -0.2) is 0 Å². The van der Waals surface area contributed by atoms with Crippen LogP contribution in [0.1, 0.15) is 43.6 Å². The van der Waals surface area contributed by atoms with E-state index in [1.807, 2.05) is 30.5 Å². The van der Waals surface area contributed by atoms with Gasteiger partial charge in [0.2, 0.25) is 0 Å². The summed E-state index contributed by atoms with van der Waals surface area (Å²) in [5, 5.41) is 0.759. The summed E-state index contributed by atoms with van der Waals surface area (Å²) in [5.74, 6) is 0. The Labute approximate surface area is 131 Å². The molecule has 1 heterocycles. The fourth-order valence-electron chi connectivity index (χ4n) is 2.25. The number of hydrogen-bond donors (Lipinski definition) is 1. The second-order valence-corrected chi connectivity index (χ2v) is 5.73. The second kappa shape index (κ2) is 6.92. The summed E-state index contributed by atoms with van der Waals surface area (Å²) >= 11 is 6.07. The third-order valence-corrected chi connectivity index (χ3v) is 4.14. The first-order valence-corrected chi connectivity index (χ1v) is 7.60. The van der Waals surface area contributed by atoms with Gasteiger partial charge in [-0.05, 0) is 43.2 Å². The van der Waals surface area contributed by atoms with E-state index in [2.05, 4.69) is 42.9 Å². The van der Waals surface area contributed by atoms with Crippen molar-refractivity contribution in [2.45, 2.75) is 32.4 Å². The molecule has 2 rings (SSSR count). The lowest BCUT2D eigenvalue weighted by molar-refractivity contribution is 0.673. The van der Waals surface area contributed by atoms with Crippen LogP contribution in [0.4, 0.5) is 5.69 Å². The van der Waals surface area contributed by atoms with Crippen LogP contribution in [-0.2, 0) is 0 Å². The lowest BCUT2D eigenvalue weighted by Gasteiger charge is -2.27. The molecule has 21 heavy (non-hydrogen) atoms. The lowest BCUT2D eigenvalue weighted by Crippen LogP contribution is -2.22. The molecule has 0 saturated carbocycles. The molecule has 1 aromatic heterocycles. The van der Waals surface area contributed by atoms with Crippen molar-refractivity contribution in [3.8, 4) is 0 Å². The molecule has 0 amide bonds. The van der Waals surface area contributed by atoms with E-state index in [1.54, 1.807) is 0 Å². The average molecular weight is 304 g/mol. The number of anilines is 1. The third kappa shape index (κ3) is 3.74. The number of benzene rings is 1. The van der Waals surface area contributed by atoms with E-state index in [9.17, 15) is 0 Å². The predicted molar refractivity (Wildman–Crippen MR) is 89.7 cm³/mol. The van der Waals surface area contributed by atoms with E-state index in [4.69, 9.17) is 17.3 Å². The average Bonchev–Trinajstić information content (AvgIpc) is 2.53. The number of halogens is 1. The van der Waals surface area contributed by atoms with Crippen molar-refractivity contribution in [2.24, 2.45) is 5.73 Å². The van der Waals surface area contributed by atoms with Crippen LogP contribution in [0, 0.1) is 0 Å².